The number of nitrogens with one attached hydrogen (secondary N) is 1. The van der Waals surface area contributed by atoms with Gasteiger partial charge in [-0.1, -0.05) is 0 Å². The number of likely N-dealkylation sites (N-methyl/N-ethyl adjacent to an activating group) is 1. The first-order chi connectivity index (χ1) is 6.81. The number of aliphatic hydroxyl groups excluding tert-OH is 1. The lowest BCUT2D eigenvalue weighted by Gasteiger charge is -2.21. The Morgan fingerprint density at radius 1 is 1.36 bits per heavy atom. The number of benzene rings is 1. The lowest BCUT2D eigenvalue weighted by atomic mass is 10.2. The van der Waals surface area contributed by atoms with Gasteiger partial charge in [0.05, 0.1) is 12.3 Å². The molecule has 0 amide bonds. The Labute approximate surface area is 83.7 Å². The predicted octanol–water partition coefficient (Wildman–Crippen LogP) is 2.17. The average Bonchev–Trinajstić information content (AvgIpc) is 2.26. The Hall–Kier alpha value is -1.42. The molecule has 0 radical (unpaired) electrons. The predicted molar refractivity (Wildman–Crippen MR) is 56.2 cm³/mol. The van der Waals surface area contributed by atoms with E-state index in [-0.39, 0.29) is 6.61 Å². The molecule has 0 saturated carbocycles. The van der Waals surface area contributed by atoms with Gasteiger partial charge in [-0.25, -0.2) is 5.53 Å². The van der Waals surface area contributed by atoms with Crippen molar-refractivity contribution in [2.24, 2.45) is 5.11 Å². The zero-order valence-corrected chi connectivity index (χ0v) is 8.27. The van der Waals surface area contributed by atoms with E-state index in [0.29, 0.717) is 12.2 Å². The van der Waals surface area contributed by atoms with E-state index in [1.807, 2.05) is 19.1 Å². The second kappa shape index (κ2) is 5.34. The van der Waals surface area contributed by atoms with E-state index in [2.05, 4.69) is 10.0 Å². The van der Waals surface area contributed by atoms with E-state index >= 15 is 0 Å². The van der Waals surface area contributed by atoms with Crippen LogP contribution in [0.25, 0.3) is 0 Å². The van der Waals surface area contributed by atoms with Crippen molar-refractivity contribution in [3.8, 4) is 0 Å². The highest BCUT2D eigenvalue weighted by Crippen LogP contribution is 2.18. The summed E-state index contributed by atoms with van der Waals surface area (Å²) in [6.45, 7) is 3.68. The number of nitrogens with zero attached hydrogens (tertiary/aromatic N) is 2. The van der Waals surface area contributed by atoms with E-state index in [0.717, 1.165) is 12.2 Å². The van der Waals surface area contributed by atoms with E-state index in [1.54, 1.807) is 12.1 Å². The maximum atomic E-state index is 8.84. The van der Waals surface area contributed by atoms with Crippen LogP contribution in [0.4, 0.5) is 11.4 Å². The summed E-state index contributed by atoms with van der Waals surface area (Å²) in [5, 5.41) is 12.2. The molecule has 1 rings (SSSR count). The molecule has 0 fully saturated rings. The van der Waals surface area contributed by atoms with Gasteiger partial charge in [-0.15, -0.1) is 0 Å². The molecule has 0 atom stereocenters. The minimum atomic E-state index is 0.151. The molecule has 0 aliphatic heterocycles. The van der Waals surface area contributed by atoms with Crippen LogP contribution in [-0.4, -0.2) is 24.8 Å². The van der Waals surface area contributed by atoms with Gasteiger partial charge in [0.2, 0.25) is 0 Å². The molecule has 1 aromatic carbocycles. The van der Waals surface area contributed by atoms with E-state index in [1.165, 1.54) is 0 Å². The Morgan fingerprint density at radius 2 is 2.00 bits per heavy atom. The molecule has 4 heteroatoms. The molecule has 0 aromatic heterocycles. The fourth-order valence-electron chi connectivity index (χ4n) is 1.33. The molecule has 1 aromatic rings. The third-order valence-corrected chi connectivity index (χ3v) is 2.10. The highest BCUT2D eigenvalue weighted by molar-refractivity contribution is 5.52. The van der Waals surface area contributed by atoms with Gasteiger partial charge in [0.15, 0.2) is 0 Å². The topological polar surface area (TPSA) is 59.7 Å². The molecule has 76 valence electrons. The monoisotopic (exact) mass is 193 g/mol. The standard InChI is InChI=1S/C10H15N3O/c1-2-13(7-8-14)10-5-3-9(12-11)4-6-10/h3-6,11,14H,2,7-8H2,1H3. The first-order valence-corrected chi connectivity index (χ1v) is 4.65. The molecule has 0 aliphatic carbocycles. The van der Waals surface area contributed by atoms with Crippen molar-refractivity contribution in [2.75, 3.05) is 24.6 Å². The fourth-order valence-corrected chi connectivity index (χ4v) is 1.33. The van der Waals surface area contributed by atoms with Crippen LogP contribution in [0.2, 0.25) is 0 Å². The van der Waals surface area contributed by atoms with Gasteiger partial charge in [0, 0.05) is 18.8 Å². The molecule has 0 spiro atoms. The number of hydrogen-bond acceptors (Lipinski definition) is 4. The summed E-state index contributed by atoms with van der Waals surface area (Å²) in [7, 11) is 0. The molecule has 0 heterocycles. The molecule has 14 heavy (non-hydrogen) atoms. The van der Waals surface area contributed by atoms with Crippen LogP contribution in [0, 0.1) is 5.53 Å². The molecule has 2 N–H and O–H groups in total. The van der Waals surface area contributed by atoms with Crippen LogP contribution >= 0.6 is 0 Å². The average molecular weight is 193 g/mol. The van der Waals surface area contributed by atoms with Crippen molar-refractivity contribution in [2.45, 2.75) is 6.92 Å². The van der Waals surface area contributed by atoms with Gasteiger partial charge in [0.1, 0.15) is 0 Å². The van der Waals surface area contributed by atoms with Crippen molar-refractivity contribution in [3.63, 3.8) is 0 Å². The zero-order chi connectivity index (χ0) is 10.4. The summed E-state index contributed by atoms with van der Waals surface area (Å²) < 4.78 is 0. The number of anilines is 1. The normalized spacial score (nSPS) is 9.86. The lowest BCUT2D eigenvalue weighted by molar-refractivity contribution is 0.302. The van der Waals surface area contributed by atoms with E-state index in [9.17, 15) is 0 Å². The first kappa shape index (κ1) is 10.7. The summed E-state index contributed by atoms with van der Waals surface area (Å²) in [6.07, 6.45) is 0. The van der Waals surface area contributed by atoms with Crippen LogP contribution in [0.1, 0.15) is 6.92 Å². The highest BCUT2D eigenvalue weighted by atomic mass is 16.3. The quantitative estimate of drug-likeness (QED) is 0.704. The molecule has 0 unspecified atom stereocenters. The summed E-state index contributed by atoms with van der Waals surface area (Å²) in [5.41, 5.74) is 8.52. The van der Waals surface area contributed by atoms with E-state index < -0.39 is 0 Å². The molecule has 0 saturated heterocycles. The van der Waals surface area contributed by atoms with Crippen molar-refractivity contribution < 1.29 is 5.11 Å². The molecular weight excluding hydrogens is 178 g/mol. The maximum absolute atomic E-state index is 8.84. The van der Waals surface area contributed by atoms with Crippen LogP contribution in [-0.2, 0) is 0 Å². The third-order valence-electron chi connectivity index (χ3n) is 2.10. The van der Waals surface area contributed by atoms with Gasteiger partial charge in [0.25, 0.3) is 0 Å². The highest BCUT2D eigenvalue weighted by Gasteiger charge is 2.02. The molecular formula is C10H15N3O. The van der Waals surface area contributed by atoms with Gasteiger partial charge >= 0.3 is 0 Å². The van der Waals surface area contributed by atoms with Crippen molar-refractivity contribution >= 4 is 11.4 Å². The molecule has 0 aliphatic rings. The minimum absolute atomic E-state index is 0.151. The van der Waals surface area contributed by atoms with E-state index in [4.69, 9.17) is 10.6 Å². The summed E-state index contributed by atoms with van der Waals surface area (Å²) in [5.74, 6) is 0. The maximum Gasteiger partial charge on any atom is 0.0851 e. The van der Waals surface area contributed by atoms with Gasteiger partial charge in [-0.3, -0.25) is 0 Å². The number of rotatable bonds is 5. The van der Waals surface area contributed by atoms with Gasteiger partial charge in [-0.05, 0) is 31.2 Å². The largest absolute Gasteiger partial charge is 0.395 e. The van der Waals surface area contributed by atoms with Crippen molar-refractivity contribution in [3.05, 3.63) is 24.3 Å². The molecule has 4 nitrogen and oxygen atoms in total. The zero-order valence-electron chi connectivity index (χ0n) is 8.27. The molecule has 0 bridgehead atoms. The first-order valence-electron chi connectivity index (χ1n) is 4.65. The fraction of sp³-hybridized carbons (Fsp3) is 0.400. The Bertz CT molecular complexity index is 284. The minimum Gasteiger partial charge on any atom is -0.395 e. The van der Waals surface area contributed by atoms with Gasteiger partial charge in [-0.2, -0.15) is 5.11 Å². The van der Waals surface area contributed by atoms with Crippen molar-refractivity contribution in [1.29, 1.82) is 5.53 Å². The van der Waals surface area contributed by atoms with Crippen LogP contribution < -0.4 is 4.90 Å². The lowest BCUT2D eigenvalue weighted by Crippen LogP contribution is -2.25. The summed E-state index contributed by atoms with van der Waals surface area (Å²) in [6, 6.07) is 7.41. The number of aliphatic hydroxyl groups is 1. The second-order valence-electron chi connectivity index (χ2n) is 2.93. The Kier molecular flexibility index (Phi) is 4.07. The van der Waals surface area contributed by atoms with Crippen LogP contribution in [0.15, 0.2) is 29.4 Å². The SMILES string of the molecule is CCN(CCO)c1ccc(N=N)cc1. The third kappa shape index (κ3) is 2.53. The van der Waals surface area contributed by atoms with Gasteiger partial charge < -0.3 is 10.0 Å². The van der Waals surface area contributed by atoms with Crippen molar-refractivity contribution in [1.82, 2.24) is 0 Å². The summed E-state index contributed by atoms with van der Waals surface area (Å²) in [4.78, 5) is 2.06. The van der Waals surface area contributed by atoms with Crippen LogP contribution in [0.5, 0.6) is 0 Å². The summed E-state index contributed by atoms with van der Waals surface area (Å²) >= 11 is 0. The Balaban J connectivity index is 2.77. The Morgan fingerprint density at radius 3 is 2.43 bits per heavy atom. The number of hydrogen-bond donors (Lipinski definition) is 2. The smallest absolute Gasteiger partial charge is 0.0851 e. The van der Waals surface area contributed by atoms with Crippen LogP contribution in [0.3, 0.4) is 0 Å². The second-order valence-corrected chi connectivity index (χ2v) is 2.93.